The van der Waals surface area contributed by atoms with E-state index in [1.807, 2.05) is 0 Å². The molecule has 1 heterocycles. The summed E-state index contributed by atoms with van der Waals surface area (Å²) in [7, 11) is 1.80. The van der Waals surface area contributed by atoms with Crippen LogP contribution < -0.4 is 0 Å². The molecule has 2 atom stereocenters. The van der Waals surface area contributed by atoms with Crippen molar-refractivity contribution < 1.29 is 15.0 Å². The van der Waals surface area contributed by atoms with E-state index >= 15 is 0 Å². The van der Waals surface area contributed by atoms with Gasteiger partial charge < -0.3 is 14.8 Å². The molecule has 0 spiro atoms. The summed E-state index contributed by atoms with van der Waals surface area (Å²) in [5.41, 5.74) is 0. The standard InChI is InChI=1S/C9H14N2O3S/c1-6(12)5-7(8(13)14)15-9-10-3-4-11(9)2/h3-4,6-7,12H,5H2,1-2H3,(H,13,14). The normalized spacial score (nSPS) is 14.9. The lowest BCUT2D eigenvalue weighted by molar-refractivity contribution is -0.136. The van der Waals surface area contributed by atoms with Crippen LogP contribution in [0, 0.1) is 0 Å². The number of carboxylic acids is 1. The average Bonchev–Trinajstić information content (AvgIpc) is 2.50. The topological polar surface area (TPSA) is 75.4 Å². The van der Waals surface area contributed by atoms with Crippen LogP contribution >= 0.6 is 11.8 Å². The van der Waals surface area contributed by atoms with Crippen molar-refractivity contribution >= 4 is 17.7 Å². The predicted octanol–water partition coefficient (Wildman–Crippen LogP) is 0.736. The van der Waals surface area contributed by atoms with Gasteiger partial charge in [0.05, 0.1) is 6.10 Å². The number of aliphatic hydroxyl groups excluding tert-OH is 1. The smallest absolute Gasteiger partial charge is 0.317 e. The van der Waals surface area contributed by atoms with Crippen molar-refractivity contribution in [3.8, 4) is 0 Å². The highest BCUT2D eigenvalue weighted by molar-refractivity contribution is 8.00. The molecule has 0 saturated heterocycles. The van der Waals surface area contributed by atoms with E-state index in [-0.39, 0.29) is 6.42 Å². The van der Waals surface area contributed by atoms with Crippen LogP contribution in [0.2, 0.25) is 0 Å². The summed E-state index contributed by atoms with van der Waals surface area (Å²) in [4.78, 5) is 14.9. The van der Waals surface area contributed by atoms with Gasteiger partial charge in [-0.05, 0) is 13.3 Å². The van der Waals surface area contributed by atoms with E-state index in [2.05, 4.69) is 4.98 Å². The Hall–Kier alpha value is -1.01. The average molecular weight is 230 g/mol. The van der Waals surface area contributed by atoms with Gasteiger partial charge in [-0.15, -0.1) is 0 Å². The summed E-state index contributed by atoms with van der Waals surface area (Å²) in [6.45, 7) is 1.58. The molecule has 15 heavy (non-hydrogen) atoms. The Morgan fingerprint density at radius 3 is 2.80 bits per heavy atom. The number of thioether (sulfide) groups is 1. The van der Waals surface area contributed by atoms with E-state index in [0.29, 0.717) is 5.16 Å². The molecule has 0 amide bonds. The zero-order valence-corrected chi connectivity index (χ0v) is 9.44. The number of carbonyl (C=O) groups is 1. The summed E-state index contributed by atoms with van der Waals surface area (Å²) >= 11 is 1.15. The Morgan fingerprint density at radius 1 is 1.73 bits per heavy atom. The van der Waals surface area contributed by atoms with E-state index in [1.54, 1.807) is 30.9 Å². The molecule has 2 N–H and O–H groups in total. The van der Waals surface area contributed by atoms with Gasteiger partial charge in [-0.2, -0.15) is 0 Å². The van der Waals surface area contributed by atoms with Crippen molar-refractivity contribution in [1.29, 1.82) is 0 Å². The maximum atomic E-state index is 10.9. The fourth-order valence-corrected chi connectivity index (χ4v) is 2.18. The second-order valence-corrected chi connectivity index (χ2v) is 4.52. The molecule has 0 aliphatic carbocycles. The summed E-state index contributed by atoms with van der Waals surface area (Å²) in [5.74, 6) is -0.927. The minimum absolute atomic E-state index is 0.215. The summed E-state index contributed by atoms with van der Waals surface area (Å²) in [6, 6.07) is 0. The number of carboxylic acid groups (broad SMARTS) is 1. The predicted molar refractivity (Wildman–Crippen MR) is 56.8 cm³/mol. The van der Waals surface area contributed by atoms with Crippen molar-refractivity contribution in [2.75, 3.05) is 0 Å². The van der Waals surface area contributed by atoms with Crippen molar-refractivity contribution in [2.24, 2.45) is 7.05 Å². The zero-order valence-electron chi connectivity index (χ0n) is 8.62. The van der Waals surface area contributed by atoms with Crippen LogP contribution in [0.5, 0.6) is 0 Å². The molecular weight excluding hydrogens is 216 g/mol. The van der Waals surface area contributed by atoms with E-state index in [4.69, 9.17) is 10.2 Å². The van der Waals surface area contributed by atoms with Crippen LogP contribution in [0.15, 0.2) is 17.6 Å². The molecule has 0 aromatic carbocycles. The van der Waals surface area contributed by atoms with Gasteiger partial charge >= 0.3 is 5.97 Å². The first-order valence-corrected chi connectivity index (χ1v) is 5.43. The Bertz CT molecular complexity index is 338. The molecule has 0 saturated carbocycles. The molecule has 0 bridgehead atoms. The quantitative estimate of drug-likeness (QED) is 0.730. The fraction of sp³-hybridized carbons (Fsp3) is 0.556. The molecule has 84 valence electrons. The number of aliphatic carboxylic acids is 1. The van der Waals surface area contributed by atoms with Crippen LogP contribution in [-0.2, 0) is 11.8 Å². The minimum atomic E-state index is -0.927. The van der Waals surface area contributed by atoms with Gasteiger partial charge in [-0.3, -0.25) is 4.79 Å². The Balaban J connectivity index is 2.67. The molecule has 6 heteroatoms. The molecule has 5 nitrogen and oxygen atoms in total. The molecule has 1 aromatic rings. The molecule has 0 aliphatic rings. The van der Waals surface area contributed by atoms with Crippen LogP contribution in [-0.4, -0.2) is 37.1 Å². The number of hydrogen-bond acceptors (Lipinski definition) is 4. The van der Waals surface area contributed by atoms with Crippen molar-refractivity contribution in [3.05, 3.63) is 12.4 Å². The minimum Gasteiger partial charge on any atom is -0.480 e. The zero-order chi connectivity index (χ0) is 11.4. The number of hydrogen-bond donors (Lipinski definition) is 2. The van der Waals surface area contributed by atoms with Gasteiger partial charge in [0, 0.05) is 19.4 Å². The molecular formula is C9H14N2O3S. The van der Waals surface area contributed by atoms with Gasteiger partial charge in [0.1, 0.15) is 5.25 Å². The van der Waals surface area contributed by atoms with Crippen LogP contribution in [0.25, 0.3) is 0 Å². The Labute approximate surface area is 92.1 Å². The largest absolute Gasteiger partial charge is 0.480 e. The van der Waals surface area contributed by atoms with E-state index in [1.165, 1.54) is 0 Å². The maximum absolute atomic E-state index is 10.9. The van der Waals surface area contributed by atoms with Gasteiger partial charge in [0.2, 0.25) is 0 Å². The summed E-state index contributed by atoms with van der Waals surface area (Å²) < 4.78 is 1.75. The lowest BCUT2D eigenvalue weighted by Crippen LogP contribution is -2.22. The number of aromatic nitrogens is 2. The summed E-state index contributed by atoms with van der Waals surface area (Å²) in [6.07, 6.45) is 2.96. The van der Waals surface area contributed by atoms with Crippen LogP contribution in [0.4, 0.5) is 0 Å². The highest BCUT2D eigenvalue weighted by Crippen LogP contribution is 2.24. The third-order valence-electron chi connectivity index (χ3n) is 1.86. The molecule has 0 aliphatic heterocycles. The lowest BCUT2D eigenvalue weighted by Gasteiger charge is -2.12. The van der Waals surface area contributed by atoms with Crippen molar-refractivity contribution in [2.45, 2.75) is 29.9 Å². The number of imidazole rings is 1. The first-order valence-electron chi connectivity index (χ1n) is 4.55. The van der Waals surface area contributed by atoms with Gasteiger partial charge in [-0.25, -0.2) is 4.98 Å². The number of nitrogens with zero attached hydrogens (tertiary/aromatic N) is 2. The summed E-state index contributed by atoms with van der Waals surface area (Å²) in [5, 5.41) is 18.1. The molecule has 1 aromatic heterocycles. The monoisotopic (exact) mass is 230 g/mol. The number of aliphatic hydroxyl groups is 1. The number of aryl methyl sites for hydroxylation is 1. The van der Waals surface area contributed by atoms with Crippen molar-refractivity contribution in [1.82, 2.24) is 9.55 Å². The third kappa shape index (κ3) is 3.56. The van der Waals surface area contributed by atoms with E-state index < -0.39 is 17.3 Å². The first-order chi connectivity index (χ1) is 7.00. The second-order valence-electron chi connectivity index (χ2n) is 3.35. The van der Waals surface area contributed by atoms with Crippen LogP contribution in [0.3, 0.4) is 0 Å². The van der Waals surface area contributed by atoms with E-state index in [9.17, 15) is 4.79 Å². The molecule has 0 radical (unpaired) electrons. The fourth-order valence-electron chi connectivity index (χ4n) is 1.10. The highest BCUT2D eigenvalue weighted by atomic mass is 32.2. The van der Waals surface area contributed by atoms with E-state index in [0.717, 1.165) is 11.8 Å². The first kappa shape index (κ1) is 12.1. The number of rotatable bonds is 5. The van der Waals surface area contributed by atoms with Crippen LogP contribution in [0.1, 0.15) is 13.3 Å². The maximum Gasteiger partial charge on any atom is 0.317 e. The molecule has 1 rings (SSSR count). The highest BCUT2D eigenvalue weighted by Gasteiger charge is 2.22. The van der Waals surface area contributed by atoms with Crippen molar-refractivity contribution in [3.63, 3.8) is 0 Å². The molecule has 0 fully saturated rings. The van der Waals surface area contributed by atoms with Gasteiger partial charge in [-0.1, -0.05) is 11.8 Å². The second kappa shape index (κ2) is 5.18. The van der Waals surface area contributed by atoms with Gasteiger partial charge in [0.25, 0.3) is 0 Å². The Kier molecular flexibility index (Phi) is 4.16. The molecule has 2 unspecified atom stereocenters. The lowest BCUT2D eigenvalue weighted by atomic mass is 10.2. The SMILES string of the molecule is CC(O)CC(Sc1nccn1C)C(=O)O. The Morgan fingerprint density at radius 2 is 2.40 bits per heavy atom. The van der Waals surface area contributed by atoms with Gasteiger partial charge in [0.15, 0.2) is 5.16 Å². The third-order valence-corrected chi connectivity index (χ3v) is 3.14.